The van der Waals surface area contributed by atoms with Crippen molar-refractivity contribution in [2.75, 3.05) is 0 Å². The lowest BCUT2D eigenvalue weighted by Gasteiger charge is -2.20. The maximum Gasteiger partial charge on any atom is 0.0897 e. The molecule has 0 bridgehead atoms. The Hall–Kier alpha value is -0.920. The van der Waals surface area contributed by atoms with E-state index in [9.17, 15) is 0 Å². The molecule has 66 valence electrons. The first-order valence-corrected chi connectivity index (χ1v) is 4.20. The third-order valence-corrected chi connectivity index (χ3v) is 1.71. The molecule has 1 aliphatic rings. The van der Waals surface area contributed by atoms with Crippen molar-refractivity contribution < 1.29 is 0 Å². The van der Waals surface area contributed by atoms with Gasteiger partial charge >= 0.3 is 0 Å². The average Bonchev–Trinajstić information content (AvgIpc) is 1.94. The predicted octanol–water partition coefficient (Wildman–Crippen LogP) is 2.46. The van der Waals surface area contributed by atoms with Crippen LogP contribution in [0.25, 0.3) is 0 Å². The maximum atomic E-state index is 4.44. The molecule has 1 aliphatic heterocycles. The van der Waals surface area contributed by atoms with E-state index in [4.69, 9.17) is 0 Å². The quantitative estimate of drug-likeness (QED) is 0.525. The summed E-state index contributed by atoms with van der Waals surface area (Å²) >= 11 is 0. The van der Waals surface area contributed by atoms with Gasteiger partial charge in [0.15, 0.2) is 0 Å². The number of allylic oxidation sites excluding steroid dienone is 1. The van der Waals surface area contributed by atoms with Crippen LogP contribution >= 0.6 is 0 Å². The molecule has 0 atom stereocenters. The zero-order valence-electron chi connectivity index (χ0n) is 8.20. The molecule has 0 saturated heterocycles. The number of nitrogens with zero attached hydrogens (tertiary/aromatic N) is 2. The zero-order chi connectivity index (χ0) is 9.24. The van der Waals surface area contributed by atoms with Crippen LogP contribution in [0, 0.1) is 5.41 Å². The molecule has 2 nitrogen and oxygen atoms in total. The minimum Gasteiger partial charge on any atom is -0.285 e. The van der Waals surface area contributed by atoms with Crippen LogP contribution in [-0.2, 0) is 0 Å². The summed E-state index contributed by atoms with van der Waals surface area (Å²) < 4.78 is 0. The van der Waals surface area contributed by atoms with Crippen molar-refractivity contribution in [3.63, 3.8) is 0 Å². The van der Waals surface area contributed by atoms with Crippen LogP contribution in [0.1, 0.15) is 27.7 Å². The molecule has 0 unspecified atom stereocenters. The van der Waals surface area contributed by atoms with Crippen molar-refractivity contribution in [3.05, 3.63) is 12.3 Å². The van der Waals surface area contributed by atoms with E-state index in [2.05, 4.69) is 23.8 Å². The van der Waals surface area contributed by atoms with Crippen molar-refractivity contribution in [2.24, 2.45) is 15.4 Å². The van der Waals surface area contributed by atoms with Crippen LogP contribution in [0.3, 0.4) is 0 Å². The van der Waals surface area contributed by atoms with Crippen molar-refractivity contribution in [3.8, 4) is 0 Å². The Labute approximate surface area is 74.1 Å². The SMILES string of the molecule is CC1(C)C=NC(C)(C)C=N/C=C\1. The highest BCUT2D eigenvalue weighted by Gasteiger charge is 2.17. The number of rotatable bonds is 0. The van der Waals surface area contributed by atoms with Gasteiger partial charge in [0.05, 0.1) is 5.54 Å². The highest BCUT2D eigenvalue weighted by molar-refractivity contribution is 5.77. The Morgan fingerprint density at radius 2 is 1.67 bits per heavy atom. The topological polar surface area (TPSA) is 24.7 Å². The lowest BCUT2D eigenvalue weighted by Crippen LogP contribution is -2.22. The van der Waals surface area contributed by atoms with Crippen LogP contribution in [0.15, 0.2) is 22.3 Å². The smallest absolute Gasteiger partial charge is 0.0897 e. The van der Waals surface area contributed by atoms with Gasteiger partial charge < -0.3 is 0 Å². The van der Waals surface area contributed by atoms with Crippen molar-refractivity contribution in [2.45, 2.75) is 33.2 Å². The summed E-state index contributed by atoms with van der Waals surface area (Å²) in [5.41, 5.74) is -0.142. The van der Waals surface area contributed by atoms with Crippen LogP contribution in [0.4, 0.5) is 0 Å². The van der Waals surface area contributed by atoms with Crippen LogP contribution in [0.5, 0.6) is 0 Å². The lowest BCUT2D eigenvalue weighted by molar-refractivity contribution is 0.651. The Kier molecular flexibility index (Phi) is 2.18. The highest BCUT2D eigenvalue weighted by atomic mass is 14.9. The first kappa shape index (κ1) is 9.17. The molecule has 0 radical (unpaired) electrons. The molecule has 0 N–H and O–H groups in total. The summed E-state index contributed by atoms with van der Waals surface area (Å²) in [7, 11) is 0. The summed E-state index contributed by atoms with van der Waals surface area (Å²) in [5.74, 6) is 0. The third-order valence-electron chi connectivity index (χ3n) is 1.71. The van der Waals surface area contributed by atoms with E-state index in [1.807, 2.05) is 38.6 Å². The predicted molar refractivity (Wildman–Crippen MR) is 54.0 cm³/mol. The van der Waals surface area contributed by atoms with Gasteiger partial charge in [-0.1, -0.05) is 19.9 Å². The Morgan fingerprint density at radius 3 is 2.33 bits per heavy atom. The Bertz CT molecular complexity index is 219. The standard InChI is InChI=1S/C10H16N2/c1-9(2)5-6-11-8-10(3,4)12-7-9/h5-8H,1-4H3/b6-5-,11-8?,12-7?. The molecule has 0 aromatic rings. The van der Waals surface area contributed by atoms with Gasteiger partial charge in [0, 0.05) is 24.0 Å². The molecule has 2 heteroatoms. The molecule has 0 amide bonds. The fraction of sp³-hybridized carbons (Fsp3) is 0.600. The van der Waals surface area contributed by atoms with Gasteiger partial charge in [0.1, 0.15) is 0 Å². The third kappa shape index (κ3) is 2.61. The van der Waals surface area contributed by atoms with Crippen molar-refractivity contribution in [1.29, 1.82) is 0 Å². The summed E-state index contributed by atoms with van der Waals surface area (Å²) in [6, 6.07) is 0. The minimum atomic E-state index is -0.165. The maximum absolute atomic E-state index is 4.44. The van der Waals surface area contributed by atoms with E-state index in [-0.39, 0.29) is 11.0 Å². The second-order valence-corrected chi connectivity index (χ2v) is 4.33. The average molecular weight is 164 g/mol. The Morgan fingerprint density at radius 1 is 1.00 bits per heavy atom. The molecule has 0 fully saturated rings. The largest absolute Gasteiger partial charge is 0.285 e. The molecule has 0 saturated carbocycles. The fourth-order valence-corrected chi connectivity index (χ4v) is 0.870. The van der Waals surface area contributed by atoms with E-state index in [1.54, 1.807) is 0 Å². The van der Waals surface area contributed by atoms with Gasteiger partial charge in [0.25, 0.3) is 0 Å². The lowest BCUT2D eigenvalue weighted by atomic mass is 9.94. The van der Waals surface area contributed by atoms with Gasteiger partial charge in [0.2, 0.25) is 0 Å². The summed E-state index contributed by atoms with van der Waals surface area (Å²) in [4.78, 5) is 8.60. The summed E-state index contributed by atoms with van der Waals surface area (Å²) in [5, 5.41) is 0. The normalized spacial score (nSPS) is 27.7. The van der Waals surface area contributed by atoms with E-state index in [1.165, 1.54) is 0 Å². The molecule has 0 spiro atoms. The van der Waals surface area contributed by atoms with E-state index in [0.717, 1.165) is 0 Å². The zero-order valence-corrected chi connectivity index (χ0v) is 8.20. The van der Waals surface area contributed by atoms with Crippen LogP contribution in [0.2, 0.25) is 0 Å². The number of hydrogen-bond donors (Lipinski definition) is 0. The molecular formula is C10H16N2. The molecule has 1 rings (SSSR count). The fourth-order valence-electron chi connectivity index (χ4n) is 0.870. The molecule has 1 heterocycles. The molecule has 0 aromatic heterocycles. The van der Waals surface area contributed by atoms with Crippen LogP contribution in [-0.4, -0.2) is 18.0 Å². The first-order valence-electron chi connectivity index (χ1n) is 4.20. The van der Waals surface area contributed by atoms with E-state index in [0.29, 0.717) is 0 Å². The van der Waals surface area contributed by atoms with Gasteiger partial charge in [-0.05, 0) is 13.8 Å². The summed E-state index contributed by atoms with van der Waals surface area (Å²) in [6.07, 6.45) is 7.72. The Balaban J connectivity index is 2.97. The number of aliphatic imine (C=N–C) groups is 2. The van der Waals surface area contributed by atoms with Gasteiger partial charge in [-0.25, -0.2) is 0 Å². The van der Waals surface area contributed by atoms with Gasteiger partial charge in [-0.15, -0.1) is 0 Å². The summed E-state index contributed by atoms with van der Waals surface area (Å²) in [6.45, 7) is 8.32. The van der Waals surface area contributed by atoms with E-state index < -0.39 is 0 Å². The number of hydrogen-bond acceptors (Lipinski definition) is 2. The van der Waals surface area contributed by atoms with Crippen LogP contribution < -0.4 is 0 Å². The first-order chi connectivity index (χ1) is 5.41. The van der Waals surface area contributed by atoms with E-state index >= 15 is 0 Å². The minimum absolute atomic E-state index is 0.0228. The molecule has 12 heavy (non-hydrogen) atoms. The molecule has 0 aromatic carbocycles. The monoisotopic (exact) mass is 164 g/mol. The van der Waals surface area contributed by atoms with Gasteiger partial charge in [-0.3, -0.25) is 9.98 Å². The molecular weight excluding hydrogens is 148 g/mol. The van der Waals surface area contributed by atoms with Crippen molar-refractivity contribution in [1.82, 2.24) is 0 Å². The molecule has 0 aliphatic carbocycles. The van der Waals surface area contributed by atoms with Gasteiger partial charge in [-0.2, -0.15) is 0 Å². The van der Waals surface area contributed by atoms with Crippen molar-refractivity contribution >= 4 is 12.4 Å². The highest BCUT2D eigenvalue weighted by Crippen LogP contribution is 2.18. The second-order valence-electron chi connectivity index (χ2n) is 4.33. The second kappa shape index (κ2) is 2.85.